The highest BCUT2D eigenvalue weighted by atomic mass is 16.3. The summed E-state index contributed by atoms with van der Waals surface area (Å²) in [6, 6.07) is 53.3. The van der Waals surface area contributed by atoms with Gasteiger partial charge in [-0.1, -0.05) is 126 Å². The van der Waals surface area contributed by atoms with E-state index >= 15 is 0 Å². The summed E-state index contributed by atoms with van der Waals surface area (Å²) >= 11 is 0. The molecule has 9 aromatic carbocycles. The van der Waals surface area contributed by atoms with Crippen molar-refractivity contribution < 1.29 is 4.42 Å². The second-order valence-corrected chi connectivity index (χ2v) is 14.0. The lowest BCUT2D eigenvalue weighted by atomic mass is 9.59. The largest absolute Gasteiger partial charge is 0.456 e. The lowest BCUT2D eigenvalue weighted by Crippen LogP contribution is -2.55. The molecule has 0 unspecified atom stereocenters. The van der Waals surface area contributed by atoms with Crippen LogP contribution in [0, 0.1) is 0 Å². The molecular weight excluding hydrogens is 647 g/mol. The minimum Gasteiger partial charge on any atom is -0.456 e. The number of hydrogen-bond acceptors (Lipinski definition) is 1. The van der Waals surface area contributed by atoms with Crippen LogP contribution in [-0.4, -0.2) is 39.2 Å². The third-order valence-corrected chi connectivity index (χ3v) is 10.9. The SMILES string of the molecule is [B]c1c([B])c([B])c(-c2c3ccccc3c(-c3ccc4oc5cc(-c6cccc(-c7ccc8ccccc8c7)c6)ccc5c4c3)c3ccccc23)c([B])c1[B]. The van der Waals surface area contributed by atoms with Crippen LogP contribution in [0.2, 0.25) is 0 Å². The molecule has 0 aliphatic rings. The average molecular weight is 672 g/mol. The molecule has 1 nitrogen and oxygen atoms in total. The third kappa shape index (κ3) is 5.01. The first-order valence-electron chi connectivity index (χ1n) is 17.9. The molecule has 6 heteroatoms. The number of rotatable bonds is 4. The maximum Gasteiger partial charge on any atom is 0.136 e. The van der Waals surface area contributed by atoms with Crippen molar-refractivity contribution in [3.05, 3.63) is 152 Å². The van der Waals surface area contributed by atoms with E-state index in [1.54, 1.807) is 0 Å². The zero-order valence-electron chi connectivity index (χ0n) is 29.2. The summed E-state index contributed by atoms with van der Waals surface area (Å²) in [5, 5.41) is 8.59. The average Bonchev–Trinajstić information content (AvgIpc) is 3.59. The highest BCUT2D eigenvalue weighted by Crippen LogP contribution is 2.44. The van der Waals surface area contributed by atoms with Gasteiger partial charge in [-0.15, -0.1) is 16.4 Å². The Balaban J connectivity index is 1.12. The van der Waals surface area contributed by atoms with Gasteiger partial charge in [-0.25, -0.2) is 0 Å². The van der Waals surface area contributed by atoms with Gasteiger partial charge in [0, 0.05) is 10.8 Å². The van der Waals surface area contributed by atoms with Gasteiger partial charge < -0.3 is 4.42 Å². The summed E-state index contributed by atoms with van der Waals surface area (Å²) in [5.74, 6) is 0. The van der Waals surface area contributed by atoms with Gasteiger partial charge >= 0.3 is 0 Å². The van der Waals surface area contributed by atoms with Gasteiger partial charge in [0.05, 0.1) is 0 Å². The number of furan rings is 1. The standard InChI is InChI=1S/C48H25B5O/c49-44-43(45(50)47(52)48(53)46(44)51)42-36-14-5-3-12-34(36)41(35-13-4-6-15-37(35)42)32-19-21-39-38(24-32)33-20-18-31(25-40(33)54-39)29-11-7-10-28(23-29)30-17-16-26-8-1-2-9-27(26)22-30/h1-25H. The van der Waals surface area contributed by atoms with Gasteiger partial charge in [0.15, 0.2) is 0 Å². The van der Waals surface area contributed by atoms with E-state index in [0.717, 1.165) is 71.3 Å². The maximum absolute atomic E-state index is 6.67. The molecule has 0 atom stereocenters. The topological polar surface area (TPSA) is 13.1 Å². The fourth-order valence-electron chi connectivity index (χ4n) is 8.19. The van der Waals surface area contributed by atoms with Crippen molar-refractivity contribution in [3.8, 4) is 44.5 Å². The fourth-order valence-corrected chi connectivity index (χ4v) is 8.19. The van der Waals surface area contributed by atoms with E-state index in [-0.39, 0.29) is 16.4 Å². The fraction of sp³-hybridized carbons (Fsp3) is 0. The molecule has 0 amide bonds. The van der Waals surface area contributed by atoms with E-state index < -0.39 is 0 Å². The predicted molar refractivity (Wildman–Crippen MR) is 235 cm³/mol. The Hall–Kier alpha value is -6.12. The van der Waals surface area contributed by atoms with E-state index in [4.69, 9.17) is 43.6 Å². The van der Waals surface area contributed by atoms with E-state index in [1.165, 1.54) is 21.9 Å². The molecule has 1 aromatic heterocycles. The van der Waals surface area contributed by atoms with Crippen molar-refractivity contribution in [1.82, 2.24) is 0 Å². The zero-order valence-corrected chi connectivity index (χ0v) is 29.2. The van der Waals surface area contributed by atoms with Crippen molar-refractivity contribution in [2.45, 2.75) is 0 Å². The Kier molecular flexibility index (Phi) is 7.53. The summed E-state index contributed by atoms with van der Waals surface area (Å²) in [7, 11) is 32.3. The van der Waals surface area contributed by atoms with Crippen LogP contribution in [0.25, 0.3) is 98.8 Å². The summed E-state index contributed by atoms with van der Waals surface area (Å²) in [6.07, 6.45) is 0. The van der Waals surface area contributed by atoms with Crippen molar-refractivity contribution in [1.29, 1.82) is 0 Å². The summed E-state index contributed by atoms with van der Waals surface area (Å²) in [4.78, 5) is 0. The van der Waals surface area contributed by atoms with Crippen molar-refractivity contribution >= 4 is 121 Å². The summed E-state index contributed by atoms with van der Waals surface area (Å²) in [6.45, 7) is 0. The Morgan fingerprint density at radius 2 is 0.796 bits per heavy atom. The quantitative estimate of drug-likeness (QED) is 0.138. The smallest absolute Gasteiger partial charge is 0.136 e. The van der Waals surface area contributed by atoms with Gasteiger partial charge in [-0.05, 0) is 113 Å². The first-order chi connectivity index (χ1) is 26.4. The van der Waals surface area contributed by atoms with E-state index in [9.17, 15) is 0 Å². The Morgan fingerprint density at radius 3 is 1.46 bits per heavy atom. The van der Waals surface area contributed by atoms with Crippen LogP contribution in [0.15, 0.2) is 156 Å². The second-order valence-electron chi connectivity index (χ2n) is 14.0. The van der Waals surface area contributed by atoms with E-state index in [0.29, 0.717) is 16.5 Å². The van der Waals surface area contributed by atoms with Gasteiger partial charge in [-0.3, -0.25) is 0 Å². The number of fused-ring (bicyclic) bond motifs is 6. The Labute approximate surface area is 320 Å². The molecular formula is C48H25B5O. The molecule has 0 aliphatic heterocycles. The van der Waals surface area contributed by atoms with Crippen LogP contribution in [0.3, 0.4) is 0 Å². The molecule has 0 saturated carbocycles. The number of benzene rings is 9. The van der Waals surface area contributed by atoms with Crippen molar-refractivity contribution in [2.24, 2.45) is 0 Å². The zero-order chi connectivity index (χ0) is 36.7. The van der Waals surface area contributed by atoms with Gasteiger partial charge in [0.1, 0.15) is 50.4 Å². The first-order valence-corrected chi connectivity index (χ1v) is 17.9. The molecule has 0 fully saturated rings. The van der Waals surface area contributed by atoms with Crippen LogP contribution in [0.4, 0.5) is 0 Å². The number of hydrogen-bond donors (Lipinski definition) is 0. The summed E-state index contributed by atoms with van der Waals surface area (Å²) in [5.41, 5.74) is 11.2. The van der Waals surface area contributed by atoms with Crippen molar-refractivity contribution in [2.75, 3.05) is 0 Å². The Bertz CT molecular complexity index is 3090. The lowest BCUT2D eigenvalue weighted by molar-refractivity contribution is 0.669. The van der Waals surface area contributed by atoms with Crippen LogP contribution >= 0.6 is 0 Å². The molecule has 0 saturated heterocycles. The monoisotopic (exact) mass is 672 g/mol. The molecule has 1 heterocycles. The lowest BCUT2D eigenvalue weighted by Gasteiger charge is -2.25. The van der Waals surface area contributed by atoms with E-state index in [2.05, 4.69) is 127 Å². The van der Waals surface area contributed by atoms with E-state index in [1.807, 2.05) is 24.3 Å². The maximum atomic E-state index is 6.67. The normalized spacial score (nSPS) is 11.7. The first kappa shape index (κ1) is 32.5. The highest BCUT2D eigenvalue weighted by Gasteiger charge is 2.21. The molecule has 54 heavy (non-hydrogen) atoms. The van der Waals surface area contributed by atoms with Gasteiger partial charge in [0.2, 0.25) is 0 Å². The predicted octanol–water partition coefficient (Wildman–Crippen LogP) is 7.68. The molecule has 10 radical (unpaired) electrons. The minimum atomic E-state index is 0.196. The van der Waals surface area contributed by atoms with Crippen molar-refractivity contribution in [3.63, 3.8) is 0 Å². The molecule has 238 valence electrons. The van der Waals surface area contributed by atoms with Crippen LogP contribution < -0.4 is 27.3 Å². The molecule has 0 bridgehead atoms. The van der Waals surface area contributed by atoms with Crippen LogP contribution in [0.1, 0.15) is 0 Å². The van der Waals surface area contributed by atoms with Gasteiger partial charge in [-0.2, -0.15) is 0 Å². The molecule has 10 rings (SSSR count). The molecule has 10 aromatic rings. The highest BCUT2D eigenvalue weighted by molar-refractivity contribution is 6.69. The van der Waals surface area contributed by atoms with Gasteiger partial charge in [0.25, 0.3) is 0 Å². The molecule has 0 N–H and O–H groups in total. The van der Waals surface area contributed by atoms with Crippen LogP contribution in [0.5, 0.6) is 0 Å². The molecule has 0 spiro atoms. The minimum absolute atomic E-state index is 0.196. The third-order valence-electron chi connectivity index (χ3n) is 10.9. The molecule has 0 aliphatic carbocycles. The Morgan fingerprint density at radius 1 is 0.278 bits per heavy atom. The summed E-state index contributed by atoms with van der Waals surface area (Å²) < 4.78 is 6.52. The van der Waals surface area contributed by atoms with Crippen LogP contribution in [-0.2, 0) is 0 Å². The second kappa shape index (κ2) is 12.5.